The van der Waals surface area contributed by atoms with Crippen molar-refractivity contribution >= 4 is 33.3 Å². The summed E-state index contributed by atoms with van der Waals surface area (Å²) in [6.45, 7) is 6.73. The van der Waals surface area contributed by atoms with Gasteiger partial charge in [-0.25, -0.2) is 4.98 Å². The summed E-state index contributed by atoms with van der Waals surface area (Å²) in [4.78, 5) is 21.5. The van der Waals surface area contributed by atoms with Crippen LogP contribution in [0.15, 0.2) is 4.79 Å². The first kappa shape index (κ1) is 14.6. The van der Waals surface area contributed by atoms with Crippen LogP contribution in [0.4, 0.5) is 0 Å². The van der Waals surface area contributed by atoms with Gasteiger partial charge in [-0.15, -0.1) is 11.3 Å². The molecule has 2 N–H and O–H groups in total. The lowest BCUT2D eigenvalue weighted by Gasteiger charge is -2.11. The molecule has 4 nitrogen and oxygen atoms in total. The number of nitrogens with one attached hydrogen (secondary N) is 2. The molecule has 1 atom stereocenters. The average Bonchev–Trinajstić information content (AvgIpc) is 2.63. The molecule has 0 radical (unpaired) electrons. The Hall–Kier alpha value is -0.850. The van der Waals surface area contributed by atoms with Gasteiger partial charge in [0.05, 0.1) is 11.9 Å². The van der Waals surface area contributed by atoms with Crippen molar-refractivity contribution in [2.75, 3.05) is 12.0 Å². The van der Waals surface area contributed by atoms with E-state index in [0.717, 1.165) is 26.4 Å². The minimum atomic E-state index is -0.0267. The van der Waals surface area contributed by atoms with Crippen molar-refractivity contribution in [1.82, 2.24) is 15.3 Å². The second-order valence-electron chi connectivity index (χ2n) is 4.71. The Bertz CT molecular complexity index is 633. The van der Waals surface area contributed by atoms with Crippen LogP contribution in [0.3, 0.4) is 0 Å². The first-order valence-corrected chi connectivity index (χ1v) is 8.45. The number of H-pyrrole nitrogens is 1. The Morgan fingerprint density at radius 1 is 1.47 bits per heavy atom. The van der Waals surface area contributed by atoms with Gasteiger partial charge in [0.1, 0.15) is 10.7 Å². The third-order valence-electron chi connectivity index (χ3n) is 3.12. The number of fused-ring (bicyclic) bond motifs is 1. The van der Waals surface area contributed by atoms with Crippen molar-refractivity contribution in [2.45, 2.75) is 33.4 Å². The second-order valence-corrected chi connectivity index (χ2v) is 6.83. The van der Waals surface area contributed by atoms with Gasteiger partial charge >= 0.3 is 0 Å². The van der Waals surface area contributed by atoms with E-state index in [0.29, 0.717) is 18.4 Å². The number of hydrogen-bond acceptors (Lipinski definition) is 5. The van der Waals surface area contributed by atoms with Gasteiger partial charge in [0, 0.05) is 16.7 Å². The molecule has 2 aromatic heterocycles. The molecule has 0 aliphatic rings. The molecule has 0 amide bonds. The molecular formula is C13H19N3OS2. The van der Waals surface area contributed by atoms with E-state index in [1.165, 1.54) is 0 Å². The molecule has 6 heteroatoms. The van der Waals surface area contributed by atoms with E-state index in [4.69, 9.17) is 0 Å². The lowest BCUT2D eigenvalue weighted by molar-refractivity contribution is 0.579. The fourth-order valence-electron chi connectivity index (χ4n) is 1.96. The maximum absolute atomic E-state index is 12.1. The van der Waals surface area contributed by atoms with E-state index in [1.54, 1.807) is 23.1 Å². The summed E-state index contributed by atoms with van der Waals surface area (Å²) in [7, 11) is 0. The molecule has 19 heavy (non-hydrogen) atoms. The Morgan fingerprint density at radius 2 is 2.21 bits per heavy atom. The van der Waals surface area contributed by atoms with Gasteiger partial charge < -0.3 is 10.3 Å². The Morgan fingerprint density at radius 3 is 2.89 bits per heavy atom. The van der Waals surface area contributed by atoms with Crippen molar-refractivity contribution in [3.8, 4) is 0 Å². The minimum absolute atomic E-state index is 0.0267. The highest BCUT2D eigenvalue weighted by Gasteiger charge is 2.12. The molecule has 0 aliphatic carbocycles. The van der Waals surface area contributed by atoms with Crippen LogP contribution < -0.4 is 10.9 Å². The summed E-state index contributed by atoms with van der Waals surface area (Å²) in [5, 5.41) is 4.10. The van der Waals surface area contributed by atoms with Gasteiger partial charge in [-0.3, -0.25) is 4.79 Å². The minimum Gasteiger partial charge on any atom is -0.309 e. The number of aryl methyl sites for hydroxylation is 2. The molecule has 2 heterocycles. The van der Waals surface area contributed by atoms with E-state index < -0.39 is 0 Å². The normalized spacial score (nSPS) is 13.1. The van der Waals surface area contributed by atoms with E-state index in [9.17, 15) is 4.79 Å². The summed E-state index contributed by atoms with van der Waals surface area (Å²) < 4.78 is 0. The quantitative estimate of drug-likeness (QED) is 0.890. The lowest BCUT2D eigenvalue weighted by Crippen LogP contribution is -2.29. The molecule has 1 unspecified atom stereocenters. The second kappa shape index (κ2) is 6.07. The summed E-state index contributed by atoms with van der Waals surface area (Å²) in [6, 6.07) is 0.405. The molecule has 0 aromatic carbocycles. The van der Waals surface area contributed by atoms with Crippen molar-refractivity contribution in [1.29, 1.82) is 0 Å². The third kappa shape index (κ3) is 3.19. The van der Waals surface area contributed by atoms with Crippen LogP contribution in [-0.2, 0) is 6.54 Å². The van der Waals surface area contributed by atoms with Crippen molar-refractivity contribution < 1.29 is 0 Å². The third-order valence-corrected chi connectivity index (χ3v) is 5.06. The van der Waals surface area contributed by atoms with Gasteiger partial charge in [-0.2, -0.15) is 11.8 Å². The number of rotatable bonds is 5. The summed E-state index contributed by atoms with van der Waals surface area (Å²) in [6.07, 6.45) is 2.08. The van der Waals surface area contributed by atoms with Gasteiger partial charge in [0.25, 0.3) is 5.56 Å². The van der Waals surface area contributed by atoms with Crippen molar-refractivity contribution in [3.05, 3.63) is 26.6 Å². The number of aromatic nitrogens is 2. The first-order chi connectivity index (χ1) is 9.02. The van der Waals surface area contributed by atoms with E-state index >= 15 is 0 Å². The largest absolute Gasteiger partial charge is 0.309 e. The van der Waals surface area contributed by atoms with Gasteiger partial charge in [-0.05, 0) is 32.6 Å². The summed E-state index contributed by atoms with van der Waals surface area (Å²) >= 11 is 3.39. The monoisotopic (exact) mass is 297 g/mol. The number of thioether (sulfide) groups is 1. The maximum Gasteiger partial charge on any atom is 0.259 e. The Kier molecular flexibility index (Phi) is 4.65. The molecule has 2 rings (SSSR count). The predicted octanol–water partition coefficient (Wildman–Crippen LogP) is 2.44. The number of nitrogens with zero attached hydrogens (tertiary/aromatic N) is 1. The Balaban J connectivity index is 2.24. The van der Waals surface area contributed by atoms with Crippen LogP contribution in [-0.4, -0.2) is 28.0 Å². The molecule has 0 aliphatic heterocycles. The molecule has 2 aromatic rings. The van der Waals surface area contributed by atoms with Crippen LogP contribution >= 0.6 is 23.1 Å². The summed E-state index contributed by atoms with van der Waals surface area (Å²) in [5.41, 5.74) is 1.02. The first-order valence-electron chi connectivity index (χ1n) is 6.24. The zero-order valence-electron chi connectivity index (χ0n) is 11.7. The van der Waals surface area contributed by atoms with Crippen molar-refractivity contribution in [3.63, 3.8) is 0 Å². The number of aromatic amines is 1. The smallest absolute Gasteiger partial charge is 0.259 e. The van der Waals surface area contributed by atoms with Crippen LogP contribution in [0, 0.1) is 13.8 Å². The molecule has 104 valence electrons. The average molecular weight is 297 g/mol. The van der Waals surface area contributed by atoms with Gasteiger partial charge in [-0.1, -0.05) is 0 Å². The molecule has 0 fully saturated rings. The lowest BCUT2D eigenvalue weighted by atomic mass is 10.2. The SMILES string of the molecule is CSCC(C)NCc1nc2sc(C)c(C)c2c(=O)[nH]1. The summed E-state index contributed by atoms with van der Waals surface area (Å²) in [5.74, 6) is 1.76. The zero-order chi connectivity index (χ0) is 14.0. The number of thiophene rings is 1. The van der Waals surface area contributed by atoms with Crippen LogP contribution in [0.25, 0.3) is 10.2 Å². The van der Waals surface area contributed by atoms with E-state index in [1.807, 2.05) is 13.8 Å². The zero-order valence-corrected chi connectivity index (χ0v) is 13.3. The molecule has 0 bridgehead atoms. The van der Waals surface area contributed by atoms with Gasteiger partial charge in [0.2, 0.25) is 0 Å². The fourth-order valence-corrected chi connectivity index (χ4v) is 3.63. The molecule has 0 saturated carbocycles. The fraction of sp³-hybridized carbons (Fsp3) is 0.538. The topological polar surface area (TPSA) is 57.8 Å². The predicted molar refractivity (Wildman–Crippen MR) is 84.4 cm³/mol. The highest BCUT2D eigenvalue weighted by atomic mass is 32.2. The van der Waals surface area contributed by atoms with E-state index in [-0.39, 0.29) is 5.56 Å². The van der Waals surface area contributed by atoms with Crippen LogP contribution in [0.5, 0.6) is 0 Å². The Labute approximate surface area is 121 Å². The standard InChI is InChI=1S/C13H19N3OS2/c1-7(6-18-4)14-5-10-15-12(17)11-8(2)9(3)19-13(11)16-10/h7,14H,5-6H2,1-4H3,(H,15,16,17). The molecular weight excluding hydrogens is 278 g/mol. The highest BCUT2D eigenvalue weighted by molar-refractivity contribution is 7.98. The number of hydrogen-bond donors (Lipinski definition) is 2. The van der Waals surface area contributed by atoms with Crippen molar-refractivity contribution in [2.24, 2.45) is 0 Å². The highest BCUT2D eigenvalue weighted by Crippen LogP contribution is 2.25. The molecule has 0 saturated heterocycles. The van der Waals surface area contributed by atoms with Gasteiger partial charge in [0.15, 0.2) is 0 Å². The van der Waals surface area contributed by atoms with E-state index in [2.05, 4.69) is 28.5 Å². The van der Waals surface area contributed by atoms with Crippen LogP contribution in [0.2, 0.25) is 0 Å². The maximum atomic E-state index is 12.1. The molecule has 0 spiro atoms. The van der Waals surface area contributed by atoms with Crippen LogP contribution in [0.1, 0.15) is 23.2 Å².